The summed E-state index contributed by atoms with van der Waals surface area (Å²) in [6.45, 7) is 2.11. The zero-order valence-corrected chi connectivity index (χ0v) is 15.0. The van der Waals surface area contributed by atoms with Gasteiger partial charge < -0.3 is 10.3 Å². The smallest absolute Gasteiger partial charge is 0.220 e. The molecule has 0 radical (unpaired) electrons. The number of hydrogen-bond acceptors (Lipinski definition) is 1. The number of halogens is 1. The highest BCUT2D eigenvalue weighted by molar-refractivity contribution is 6.30. The Morgan fingerprint density at radius 1 is 1.20 bits per heavy atom. The third-order valence-corrected chi connectivity index (χ3v) is 5.22. The quantitative estimate of drug-likeness (QED) is 0.720. The summed E-state index contributed by atoms with van der Waals surface area (Å²) < 4.78 is 0. The van der Waals surface area contributed by atoms with E-state index in [1.54, 1.807) is 0 Å². The normalized spacial score (nSPS) is 16.2. The Hall–Kier alpha value is -2.26. The Bertz CT molecular complexity index is 927. The van der Waals surface area contributed by atoms with Crippen LogP contribution in [0.3, 0.4) is 0 Å². The summed E-state index contributed by atoms with van der Waals surface area (Å²) in [5.74, 6) is 0.116. The molecule has 1 aliphatic carbocycles. The van der Waals surface area contributed by atoms with Crippen LogP contribution in [0.5, 0.6) is 0 Å². The zero-order chi connectivity index (χ0) is 17.4. The summed E-state index contributed by atoms with van der Waals surface area (Å²) in [4.78, 5) is 15.8. The highest BCUT2D eigenvalue weighted by Crippen LogP contribution is 2.30. The van der Waals surface area contributed by atoms with E-state index in [-0.39, 0.29) is 11.9 Å². The van der Waals surface area contributed by atoms with Gasteiger partial charge in [-0.3, -0.25) is 4.79 Å². The molecular weight excluding hydrogens is 332 g/mol. The van der Waals surface area contributed by atoms with E-state index in [9.17, 15) is 4.79 Å². The van der Waals surface area contributed by atoms with Crippen LogP contribution in [-0.4, -0.2) is 16.9 Å². The van der Waals surface area contributed by atoms with Gasteiger partial charge in [0.05, 0.1) is 0 Å². The van der Waals surface area contributed by atoms with Crippen LogP contribution in [0.15, 0.2) is 42.5 Å². The Labute approximate surface area is 152 Å². The lowest BCUT2D eigenvalue weighted by molar-refractivity contribution is -0.121. The zero-order valence-electron chi connectivity index (χ0n) is 14.2. The lowest BCUT2D eigenvalue weighted by Gasteiger charge is -2.12. The van der Waals surface area contributed by atoms with Crippen LogP contribution >= 0.6 is 11.6 Å². The number of carbonyl (C=O) groups excluding carboxylic acids is 1. The Balaban J connectivity index is 1.36. The standard InChI is InChI=1S/C21H21ClN2O/c1-13-2-8-19-17(10-13)18-11-16(12-20(18)24-19)23-21(25)9-5-14-3-6-15(22)7-4-14/h2-4,6-8,10,16,24H,5,9,11-12H2,1H3,(H,23,25). The largest absolute Gasteiger partial charge is 0.358 e. The molecule has 4 heteroatoms. The van der Waals surface area contributed by atoms with Crippen molar-refractivity contribution in [3.8, 4) is 0 Å². The predicted octanol–water partition coefficient (Wildman–Crippen LogP) is 4.35. The molecule has 1 unspecified atom stereocenters. The number of carbonyl (C=O) groups is 1. The number of aryl methyl sites for hydroxylation is 2. The third-order valence-electron chi connectivity index (χ3n) is 4.97. The summed E-state index contributed by atoms with van der Waals surface area (Å²) in [7, 11) is 0. The molecule has 0 fully saturated rings. The second-order valence-electron chi connectivity index (χ2n) is 6.93. The Morgan fingerprint density at radius 2 is 2.00 bits per heavy atom. The molecule has 25 heavy (non-hydrogen) atoms. The van der Waals surface area contributed by atoms with Crippen LogP contribution in [0.4, 0.5) is 0 Å². The summed E-state index contributed by atoms with van der Waals surface area (Å²) in [6, 6.07) is 14.4. The minimum atomic E-state index is 0.116. The fraction of sp³-hybridized carbons (Fsp3) is 0.286. The first kappa shape index (κ1) is 16.2. The second kappa shape index (κ2) is 6.57. The van der Waals surface area contributed by atoms with Gasteiger partial charge in [-0.25, -0.2) is 0 Å². The molecular formula is C21H21ClN2O. The molecule has 1 atom stereocenters. The number of H-pyrrole nitrogens is 1. The van der Waals surface area contributed by atoms with Crippen molar-refractivity contribution in [3.63, 3.8) is 0 Å². The summed E-state index contributed by atoms with van der Waals surface area (Å²) in [5, 5.41) is 5.21. The van der Waals surface area contributed by atoms with Crippen LogP contribution in [0.1, 0.15) is 28.8 Å². The molecule has 0 aliphatic heterocycles. The van der Waals surface area contributed by atoms with E-state index in [0.29, 0.717) is 6.42 Å². The van der Waals surface area contributed by atoms with Gasteiger partial charge in [-0.05, 0) is 55.2 Å². The molecule has 0 bridgehead atoms. The van der Waals surface area contributed by atoms with Crippen molar-refractivity contribution in [2.24, 2.45) is 0 Å². The number of hydrogen-bond donors (Lipinski definition) is 2. The van der Waals surface area contributed by atoms with Crippen molar-refractivity contribution in [2.45, 2.75) is 38.6 Å². The number of aromatic amines is 1. The van der Waals surface area contributed by atoms with Gasteiger partial charge in [-0.1, -0.05) is 35.4 Å². The molecule has 1 amide bonds. The lowest BCUT2D eigenvalue weighted by Crippen LogP contribution is -2.35. The summed E-state index contributed by atoms with van der Waals surface area (Å²) >= 11 is 5.89. The average molecular weight is 353 g/mol. The topological polar surface area (TPSA) is 44.9 Å². The molecule has 0 saturated carbocycles. The van der Waals surface area contributed by atoms with Gasteiger partial charge >= 0.3 is 0 Å². The SMILES string of the molecule is Cc1ccc2[nH]c3c(c2c1)CC(NC(=O)CCc1ccc(Cl)cc1)C3. The first-order valence-corrected chi connectivity index (χ1v) is 9.10. The van der Waals surface area contributed by atoms with Gasteiger partial charge in [0.2, 0.25) is 5.91 Å². The molecule has 0 saturated heterocycles. The number of fused-ring (bicyclic) bond motifs is 3. The van der Waals surface area contributed by atoms with Crippen LogP contribution in [-0.2, 0) is 24.1 Å². The number of amides is 1. The molecule has 2 N–H and O–H groups in total. The van der Waals surface area contributed by atoms with E-state index >= 15 is 0 Å². The summed E-state index contributed by atoms with van der Waals surface area (Å²) in [6.07, 6.45) is 3.04. The molecule has 0 spiro atoms. The van der Waals surface area contributed by atoms with Gasteiger partial charge in [-0.15, -0.1) is 0 Å². The number of rotatable bonds is 4. The molecule has 1 aromatic heterocycles. The molecule has 1 aliphatic rings. The van der Waals surface area contributed by atoms with Gasteiger partial charge in [0, 0.05) is 40.5 Å². The van der Waals surface area contributed by atoms with Gasteiger partial charge in [0.1, 0.15) is 0 Å². The molecule has 1 heterocycles. The van der Waals surface area contributed by atoms with Gasteiger partial charge in [0.25, 0.3) is 0 Å². The number of benzene rings is 2. The maximum absolute atomic E-state index is 12.3. The maximum Gasteiger partial charge on any atom is 0.220 e. The van der Waals surface area contributed by atoms with Crippen LogP contribution in [0, 0.1) is 6.92 Å². The molecule has 2 aromatic carbocycles. The maximum atomic E-state index is 12.3. The minimum Gasteiger partial charge on any atom is -0.358 e. The fourth-order valence-corrected chi connectivity index (χ4v) is 3.83. The Kier molecular flexibility index (Phi) is 4.26. The Morgan fingerprint density at radius 3 is 2.80 bits per heavy atom. The van der Waals surface area contributed by atoms with E-state index in [2.05, 4.69) is 35.4 Å². The third kappa shape index (κ3) is 3.42. The van der Waals surface area contributed by atoms with E-state index in [0.717, 1.165) is 29.8 Å². The number of nitrogens with one attached hydrogen (secondary N) is 2. The first-order valence-electron chi connectivity index (χ1n) is 8.72. The van der Waals surface area contributed by atoms with Gasteiger partial charge in [0.15, 0.2) is 0 Å². The highest BCUT2D eigenvalue weighted by Gasteiger charge is 2.26. The summed E-state index contributed by atoms with van der Waals surface area (Å²) in [5.41, 5.74) is 6.23. The van der Waals surface area contributed by atoms with Crippen molar-refractivity contribution < 1.29 is 4.79 Å². The highest BCUT2D eigenvalue weighted by atomic mass is 35.5. The van der Waals surface area contributed by atoms with Crippen molar-refractivity contribution in [1.82, 2.24) is 10.3 Å². The van der Waals surface area contributed by atoms with Crippen LogP contribution < -0.4 is 5.32 Å². The predicted molar refractivity (Wildman–Crippen MR) is 102 cm³/mol. The van der Waals surface area contributed by atoms with Crippen molar-refractivity contribution in [3.05, 3.63) is 69.9 Å². The van der Waals surface area contributed by atoms with E-state index in [1.165, 1.54) is 27.7 Å². The van der Waals surface area contributed by atoms with Crippen molar-refractivity contribution in [1.29, 1.82) is 0 Å². The fourth-order valence-electron chi connectivity index (χ4n) is 3.70. The molecule has 4 rings (SSSR count). The van der Waals surface area contributed by atoms with Crippen molar-refractivity contribution >= 4 is 28.4 Å². The molecule has 128 valence electrons. The van der Waals surface area contributed by atoms with E-state index < -0.39 is 0 Å². The van der Waals surface area contributed by atoms with Crippen LogP contribution in [0.25, 0.3) is 10.9 Å². The average Bonchev–Trinajstić information content (AvgIpc) is 3.12. The van der Waals surface area contributed by atoms with Gasteiger partial charge in [-0.2, -0.15) is 0 Å². The van der Waals surface area contributed by atoms with E-state index in [4.69, 9.17) is 11.6 Å². The number of aromatic nitrogens is 1. The lowest BCUT2D eigenvalue weighted by atomic mass is 10.1. The molecule has 3 aromatic rings. The first-order chi connectivity index (χ1) is 12.1. The monoisotopic (exact) mass is 352 g/mol. The second-order valence-corrected chi connectivity index (χ2v) is 7.37. The van der Waals surface area contributed by atoms with Crippen molar-refractivity contribution in [2.75, 3.05) is 0 Å². The van der Waals surface area contributed by atoms with E-state index in [1.807, 2.05) is 24.3 Å². The molecule has 3 nitrogen and oxygen atoms in total. The minimum absolute atomic E-state index is 0.116. The van der Waals surface area contributed by atoms with Crippen LogP contribution in [0.2, 0.25) is 5.02 Å².